The molecule has 0 spiro atoms. The molecule has 0 unspecified atom stereocenters. The number of pyridine rings is 1. The molecule has 0 saturated heterocycles. The summed E-state index contributed by atoms with van der Waals surface area (Å²) in [4.78, 5) is 15.7. The third kappa shape index (κ3) is 2.06. The van der Waals surface area contributed by atoms with Gasteiger partial charge in [0.1, 0.15) is 5.75 Å². The van der Waals surface area contributed by atoms with Crippen LogP contribution in [0.25, 0.3) is 10.9 Å². The summed E-state index contributed by atoms with van der Waals surface area (Å²) in [5.41, 5.74) is 1.90. The van der Waals surface area contributed by atoms with Crippen LogP contribution in [0.1, 0.15) is 23.0 Å². The number of esters is 1. The van der Waals surface area contributed by atoms with Crippen LogP contribution in [0.15, 0.2) is 24.3 Å². The monoisotopic (exact) mass is 231 g/mol. The second-order valence-electron chi connectivity index (χ2n) is 3.71. The summed E-state index contributed by atoms with van der Waals surface area (Å²) in [5, 5.41) is 10.4. The first kappa shape index (κ1) is 11.4. The number of hydrogen-bond acceptors (Lipinski definition) is 4. The van der Waals surface area contributed by atoms with Crippen molar-refractivity contribution in [1.82, 2.24) is 4.98 Å². The van der Waals surface area contributed by atoms with E-state index < -0.39 is 5.97 Å². The SMILES string of the molecule is CCc1cc(O)c2cc(C(=O)OC)ccc2n1. The topological polar surface area (TPSA) is 59.4 Å². The van der Waals surface area contributed by atoms with E-state index in [2.05, 4.69) is 9.72 Å². The van der Waals surface area contributed by atoms with Gasteiger partial charge in [0.15, 0.2) is 0 Å². The molecule has 4 nitrogen and oxygen atoms in total. The Morgan fingerprint density at radius 3 is 2.82 bits per heavy atom. The molecule has 0 radical (unpaired) electrons. The molecular weight excluding hydrogens is 218 g/mol. The molecule has 2 rings (SSSR count). The van der Waals surface area contributed by atoms with E-state index in [9.17, 15) is 9.90 Å². The molecule has 1 aromatic heterocycles. The summed E-state index contributed by atoms with van der Waals surface area (Å²) in [7, 11) is 1.32. The Morgan fingerprint density at radius 2 is 2.18 bits per heavy atom. The number of carbonyl (C=O) groups excluding carboxylic acids is 1. The number of benzene rings is 1. The van der Waals surface area contributed by atoms with Crippen molar-refractivity contribution >= 4 is 16.9 Å². The fraction of sp³-hybridized carbons (Fsp3) is 0.231. The predicted molar refractivity (Wildman–Crippen MR) is 64.1 cm³/mol. The first-order chi connectivity index (χ1) is 8.15. The summed E-state index contributed by atoms with van der Waals surface area (Å²) in [6, 6.07) is 6.55. The minimum atomic E-state index is -0.425. The Morgan fingerprint density at radius 1 is 1.41 bits per heavy atom. The molecule has 0 aliphatic carbocycles. The van der Waals surface area contributed by atoms with Crippen LogP contribution in [-0.4, -0.2) is 23.2 Å². The Balaban J connectivity index is 2.62. The molecule has 0 fully saturated rings. The van der Waals surface area contributed by atoms with Gasteiger partial charge in [-0.15, -0.1) is 0 Å². The summed E-state index contributed by atoms with van der Waals surface area (Å²) in [6.45, 7) is 1.97. The lowest BCUT2D eigenvalue weighted by molar-refractivity contribution is 0.0601. The molecule has 0 bridgehead atoms. The Kier molecular flexibility index (Phi) is 2.95. The van der Waals surface area contributed by atoms with Crippen LogP contribution in [0, 0.1) is 0 Å². The zero-order valence-electron chi connectivity index (χ0n) is 9.73. The van der Waals surface area contributed by atoms with E-state index >= 15 is 0 Å². The van der Waals surface area contributed by atoms with Crippen molar-refractivity contribution in [3.63, 3.8) is 0 Å². The molecule has 0 aliphatic rings. The van der Waals surface area contributed by atoms with Crippen molar-refractivity contribution in [3.05, 3.63) is 35.5 Å². The van der Waals surface area contributed by atoms with E-state index in [1.54, 1.807) is 24.3 Å². The van der Waals surface area contributed by atoms with Crippen molar-refractivity contribution in [2.24, 2.45) is 0 Å². The standard InChI is InChI=1S/C13H13NO3/c1-3-9-7-12(15)10-6-8(13(16)17-2)4-5-11(10)14-9/h4-7H,3H2,1-2H3,(H,14,15). The predicted octanol–water partition coefficient (Wildman–Crippen LogP) is 2.29. The molecule has 2 aromatic rings. The summed E-state index contributed by atoms with van der Waals surface area (Å²) in [5.74, 6) is -0.288. The van der Waals surface area contributed by atoms with Crippen molar-refractivity contribution in [2.45, 2.75) is 13.3 Å². The number of rotatable bonds is 2. The Hall–Kier alpha value is -2.10. The number of carbonyl (C=O) groups is 1. The van der Waals surface area contributed by atoms with E-state index in [0.717, 1.165) is 12.1 Å². The average molecular weight is 231 g/mol. The van der Waals surface area contributed by atoms with Crippen LogP contribution in [0.4, 0.5) is 0 Å². The minimum Gasteiger partial charge on any atom is -0.507 e. The first-order valence-electron chi connectivity index (χ1n) is 5.36. The molecule has 0 saturated carbocycles. The number of aromatic nitrogens is 1. The summed E-state index contributed by atoms with van der Waals surface area (Å²) in [6.07, 6.45) is 0.752. The third-order valence-electron chi connectivity index (χ3n) is 2.62. The van der Waals surface area contributed by atoms with Crippen LogP contribution in [0.3, 0.4) is 0 Å². The highest BCUT2D eigenvalue weighted by Crippen LogP contribution is 2.25. The Bertz CT molecular complexity index is 578. The maximum Gasteiger partial charge on any atom is 0.337 e. The van der Waals surface area contributed by atoms with E-state index in [0.29, 0.717) is 16.5 Å². The minimum absolute atomic E-state index is 0.137. The maximum absolute atomic E-state index is 11.4. The van der Waals surface area contributed by atoms with Crippen LogP contribution in [0.2, 0.25) is 0 Å². The highest BCUT2D eigenvalue weighted by atomic mass is 16.5. The average Bonchev–Trinajstić information content (AvgIpc) is 2.37. The highest BCUT2D eigenvalue weighted by molar-refractivity contribution is 5.96. The second kappa shape index (κ2) is 4.41. The molecule has 1 heterocycles. The van der Waals surface area contributed by atoms with E-state index in [-0.39, 0.29) is 5.75 Å². The van der Waals surface area contributed by atoms with Crippen molar-refractivity contribution in [1.29, 1.82) is 0 Å². The number of nitrogens with zero attached hydrogens (tertiary/aromatic N) is 1. The van der Waals surface area contributed by atoms with Gasteiger partial charge in [0, 0.05) is 17.1 Å². The van der Waals surface area contributed by atoms with E-state index in [1.807, 2.05) is 6.92 Å². The lowest BCUT2D eigenvalue weighted by atomic mass is 10.1. The van der Waals surface area contributed by atoms with Gasteiger partial charge in [-0.1, -0.05) is 6.92 Å². The number of hydrogen-bond donors (Lipinski definition) is 1. The Labute approximate surface area is 98.9 Å². The lowest BCUT2D eigenvalue weighted by Crippen LogP contribution is -2.01. The number of ether oxygens (including phenoxy) is 1. The van der Waals surface area contributed by atoms with Gasteiger partial charge in [-0.25, -0.2) is 4.79 Å². The normalized spacial score (nSPS) is 10.5. The number of aromatic hydroxyl groups is 1. The molecule has 0 atom stereocenters. The first-order valence-corrected chi connectivity index (χ1v) is 5.36. The molecular formula is C13H13NO3. The fourth-order valence-corrected chi connectivity index (χ4v) is 1.69. The fourth-order valence-electron chi connectivity index (χ4n) is 1.69. The molecule has 1 N–H and O–H groups in total. The summed E-state index contributed by atoms with van der Waals surface area (Å²) >= 11 is 0. The third-order valence-corrected chi connectivity index (χ3v) is 2.62. The molecule has 88 valence electrons. The van der Waals surface area contributed by atoms with Crippen LogP contribution < -0.4 is 0 Å². The highest BCUT2D eigenvalue weighted by Gasteiger charge is 2.09. The van der Waals surface area contributed by atoms with Gasteiger partial charge in [0.25, 0.3) is 0 Å². The van der Waals surface area contributed by atoms with Crippen molar-refractivity contribution in [3.8, 4) is 5.75 Å². The zero-order chi connectivity index (χ0) is 12.4. The molecule has 0 amide bonds. The van der Waals surface area contributed by atoms with Crippen LogP contribution >= 0.6 is 0 Å². The lowest BCUT2D eigenvalue weighted by Gasteiger charge is -2.05. The van der Waals surface area contributed by atoms with Crippen LogP contribution in [0.5, 0.6) is 5.75 Å². The van der Waals surface area contributed by atoms with Gasteiger partial charge in [0.2, 0.25) is 0 Å². The van der Waals surface area contributed by atoms with Gasteiger partial charge in [-0.2, -0.15) is 0 Å². The second-order valence-corrected chi connectivity index (χ2v) is 3.71. The number of fused-ring (bicyclic) bond motifs is 1. The van der Waals surface area contributed by atoms with Crippen molar-refractivity contribution < 1.29 is 14.6 Å². The summed E-state index contributed by atoms with van der Waals surface area (Å²) < 4.78 is 4.63. The van der Waals surface area contributed by atoms with E-state index in [1.165, 1.54) is 7.11 Å². The number of methoxy groups -OCH3 is 1. The molecule has 17 heavy (non-hydrogen) atoms. The maximum atomic E-state index is 11.4. The molecule has 4 heteroatoms. The van der Waals surface area contributed by atoms with Gasteiger partial charge in [-0.05, 0) is 24.6 Å². The molecule has 0 aliphatic heterocycles. The zero-order valence-corrected chi connectivity index (χ0v) is 9.73. The van der Waals surface area contributed by atoms with Gasteiger partial charge in [-0.3, -0.25) is 4.98 Å². The largest absolute Gasteiger partial charge is 0.507 e. The van der Waals surface area contributed by atoms with Crippen LogP contribution in [-0.2, 0) is 11.2 Å². The number of aryl methyl sites for hydroxylation is 1. The molecule has 1 aromatic carbocycles. The van der Waals surface area contributed by atoms with E-state index in [4.69, 9.17) is 0 Å². The van der Waals surface area contributed by atoms with Gasteiger partial charge >= 0.3 is 5.97 Å². The smallest absolute Gasteiger partial charge is 0.337 e. The quantitative estimate of drug-likeness (QED) is 0.805. The van der Waals surface area contributed by atoms with Crippen molar-refractivity contribution in [2.75, 3.05) is 7.11 Å². The van der Waals surface area contributed by atoms with Gasteiger partial charge < -0.3 is 9.84 Å². The van der Waals surface area contributed by atoms with Gasteiger partial charge in [0.05, 0.1) is 18.2 Å².